The smallest absolute Gasteiger partial charge is 0.255 e. The lowest BCUT2D eigenvalue weighted by atomic mass is 10.0. The molecule has 0 aliphatic rings. The highest BCUT2D eigenvalue weighted by Gasteiger charge is 2.10. The van der Waals surface area contributed by atoms with E-state index in [0.717, 1.165) is 16.5 Å². The number of rotatable bonds is 1. The van der Waals surface area contributed by atoms with Crippen LogP contribution in [0.2, 0.25) is 10.0 Å². The summed E-state index contributed by atoms with van der Waals surface area (Å²) in [5.74, 6) is 0. The fourth-order valence-electron chi connectivity index (χ4n) is 2.03. The molecule has 3 rings (SSSR count). The van der Waals surface area contributed by atoms with Crippen LogP contribution in [-0.4, -0.2) is 9.97 Å². The monoisotopic (exact) mass is 290 g/mol. The molecule has 5 heteroatoms. The van der Waals surface area contributed by atoms with Crippen LogP contribution in [0.4, 0.5) is 0 Å². The van der Waals surface area contributed by atoms with Crippen molar-refractivity contribution in [2.24, 2.45) is 0 Å². The Balaban J connectivity index is 2.41. The maximum absolute atomic E-state index is 11.8. The third kappa shape index (κ3) is 2.11. The number of hydrogen-bond donors (Lipinski definition) is 1. The highest BCUT2D eigenvalue weighted by atomic mass is 35.5. The van der Waals surface area contributed by atoms with E-state index in [1.165, 1.54) is 0 Å². The average molecular weight is 291 g/mol. The first-order valence-corrected chi connectivity index (χ1v) is 6.33. The van der Waals surface area contributed by atoms with Crippen molar-refractivity contribution in [2.45, 2.75) is 0 Å². The number of fused-ring (bicyclic) bond motifs is 1. The van der Waals surface area contributed by atoms with Gasteiger partial charge in [-0.15, -0.1) is 0 Å². The molecule has 0 spiro atoms. The molecule has 0 saturated carbocycles. The van der Waals surface area contributed by atoms with Crippen molar-refractivity contribution >= 4 is 34.0 Å². The summed E-state index contributed by atoms with van der Waals surface area (Å²) in [6.45, 7) is 0. The third-order valence-corrected chi connectivity index (χ3v) is 3.49. The summed E-state index contributed by atoms with van der Waals surface area (Å²) in [6.07, 6.45) is 4.86. The standard InChI is InChI=1S/C14H8Cl2N2O/c15-8-1-2-13(16)10(5-8)12-7-18-14(19)9-3-4-17-6-11(9)12/h1-7H,(H,18,19). The predicted molar refractivity (Wildman–Crippen MR) is 77.8 cm³/mol. The Kier molecular flexibility index (Phi) is 3.01. The number of H-pyrrole nitrogens is 1. The van der Waals surface area contributed by atoms with Crippen LogP contribution >= 0.6 is 23.2 Å². The van der Waals surface area contributed by atoms with Crippen molar-refractivity contribution in [3.63, 3.8) is 0 Å². The Morgan fingerprint density at radius 1 is 1.05 bits per heavy atom. The molecule has 0 fully saturated rings. The zero-order valence-corrected chi connectivity index (χ0v) is 11.2. The van der Waals surface area contributed by atoms with E-state index < -0.39 is 0 Å². The first-order valence-electron chi connectivity index (χ1n) is 5.57. The van der Waals surface area contributed by atoms with Gasteiger partial charge >= 0.3 is 0 Å². The second-order valence-electron chi connectivity index (χ2n) is 4.08. The van der Waals surface area contributed by atoms with Gasteiger partial charge in [0.05, 0.1) is 5.39 Å². The van der Waals surface area contributed by atoms with Gasteiger partial charge in [0.1, 0.15) is 0 Å². The minimum absolute atomic E-state index is 0.153. The summed E-state index contributed by atoms with van der Waals surface area (Å²) >= 11 is 12.2. The molecule has 0 saturated heterocycles. The van der Waals surface area contributed by atoms with Crippen LogP contribution < -0.4 is 5.56 Å². The van der Waals surface area contributed by atoms with Crippen molar-refractivity contribution in [3.05, 3.63) is 63.3 Å². The van der Waals surface area contributed by atoms with Gasteiger partial charge in [0.2, 0.25) is 0 Å². The van der Waals surface area contributed by atoms with E-state index in [9.17, 15) is 4.79 Å². The Morgan fingerprint density at radius 2 is 1.89 bits per heavy atom. The van der Waals surface area contributed by atoms with Crippen LogP contribution in [0, 0.1) is 0 Å². The molecule has 2 heterocycles. The van der Waals surface area contributed by atoms with E-state index in [4.69, 9.17) is 23.2 Å². The Labute approximate surface area is 118 Å². The molecule has 0 aliphatic carbocycles. The molecule has 2 aromatic heterocycles. The number of aromatic nitrogens is 2. The number of aromatic amines is 1. The summed E-state index contributed by atoms with van der Waals surface area (Å²) in [7, 11) is 0. The molecule has 0 unspecified atom stereocenters. The zero-order valence-electron chi connectivity index (χ0n) is 9.65. The predicted octanol–water partition coefficient (Wildman–Crippen LogP) is 3.90. The summed E-state index contributed by atoms with van der Waals surface area (Å²) < 4.78 is 0. The number of hydrogen-bond acceptors (Lipinski definition) is 2. The number of nitrogens with zero attached hydrogens (tertiary/aromatic N) is 1. The molecule has 0 amide bonds. The molecule has 0 atom stereocenters. The van der Waals surface area contributed by atoms with Gasteiger partial charge in [0, 0.05) is 45.1 Å². The second kappa shape index (κ2) is 4.68. The van der Waals surface area contributed by atoms with Gasteiger partial charge in [0.25, 0.3) is 5.56 Å². The van der Waals surface area contributed by atoms with Gasteiger partial charge in [-0.1, -0.05) is 23.2 Å². The average Bonchev–Trinajstić information content (AvgIpc) is 2.43. The van der Waals surface area contributed by atoms with Gasteiger partial charge in [-0.25, -0.2) is 0 Å². The molecule has 3 nitrogen and oxygen atoms in total. The van der Waals surface area contributed by atoms with Crippen LogP contribution in [0.5, 0.6) is 0 Å². The summed E-state index contributed by atoms with van der Waals surface area (Å²) in [5, 5.41) is 2.48. The lowest BCUT2D eigenvalue weighted by Crippen LogP contribution is -2.06. The maximum Gasteiger partial charge on any atom is 0.255 e. The molecule has 19 heavy (non-hydrogen) atoms. The number of halogens is 2. The molecule has 0 radical (unpaired) electrons. The first kappa shape index (κ1) is 12.2. The Hall–Kier alpha value is -1.84. The second-order valence-corrected chi connectivity index (χ2v) is 4.92. The lowest BCUT2D eigenvalue weighted by molar-refractivity contribution is 1.26. The van der Waals surface area contributed by atoms with Gasteiger partial charge in [-0.2, -0.15) is 0 Å². The van der Waals surface area contributed by atoms with Crippen LogP contribution in [0.3, 0.4) is 0 Å². The van der Waals surface area contributed by atoms with E-state index in [1.807, 2.05) is 0 Å². The molecule has 0 aliphatic heterocycles. The summed E-state index contributed by atoms with van der Waals surface area (Å²) in [5.41, 5.74) is 1.41. The number of benzene rings is 1. The Bertz CT molecular complexity index is 827. The van der Waals surface area contributed by atoms with Gasteiger partial charge in [-0.05, 0) is 24.3 Å². The highest BCUT2D eigenvalue weighted by molar-refractivity contribution is 6.35. The van der Waals surface area contributed by atoms with Crippen LogP contribution in [0.15, 0.2) is 47.7 Å². The molecule has 3 aromatic rings. The molecular formula is C14H8Cl2N2O. The molecule has 1 aromatic carbocycles. The van der Waals surface area contributed by atoms with E-state index in [-0.39, 0.29) is 5.56 Å². The van der Waals surface area contributed by atoms with Gasteiger partial charge in [-0.3, -0.25) is 9.78 Å². The van der Waals surface area contributed by atoms with Crippen LogP contribution in [0.1, 0.15) is 0 Å². The fourth-order valence-corrected chi connectivity index (χ4v) is 2.42. The van der Waals surface area contributed by atoms with Crippen molar-refractivity contribution in [2.75, 3.05) is 0 Å². The first-order chi connectivity index (χ1) is 9.16. The largest absolute Gasteiger partial charge is 0.328 e. The maximum atomic E-state index is 11.8. The van der Waals surface area contributed by atoms with E-state index in [0.29, 0.717) is 15.4 Å². The molecule has 94 valence electrons. The minimum Gasteiger partial charge on any atom is -0.328 e. The Morgan fingerprint density at radius 3 is 2.74 bits per heavy atom. The van der Waals surface area contributed by atoms with Crippen molar-refractivity contribution < 1.29 is 0 Å². The van der Waals surface area contributed by atoms with Crippen molar-refractivity contribution in [1.29, 1.82) is 0 Å². The van der Waals surface area contributed by atoms with Crippen molar-refractivity contribution in [1.82, 2.24) is 9.97 Å². The van der Waals surface area contributed by atoms with Gasteiger partial charge in [0.15, 0.2) is 0 Å². The van der Waals surface area contributed by atoms with Gasteiger partial charge < -0.3 is 4.98 Å². The zero-order chi connectivity index (χ0) is 13.4. The van der Waals surface area contributed by atoms with Crippen LogP contribution in [0.25, 0.3) is 21.9 Å². The van der Waals surface area contributed by atoms with E-state index >= 15 is 0 Å². The highest BCUT2D eigenvalue weighted by Crippen LogP contribution is 2.33. The van der Waals surface area contributed by atoms with Crippen molar-refractivity contribution in [3.8, 4) is 11.1 Å². The quantitative estimate of drug-likeness (QED) is 0.739. The summed E-state index contributed by atoms with van der Waals surface area (Å²) in [6, 6.07) is 6.89. The summed E-state index contributed by atoms with van der Waals surface area (Å²) in [4.78, 5) is 18.5. The lowest BCUT2D eigenvalue weighted by Gasteiger charge is -2.08. The molecular weight excluding hydrogens is 283 g/mol. The third-order valence-electron chi connectivity index (χ3n) is 2.92. The molecule has 1 N–H and O–H groups in total. The van der Waals surface area contributed by atoms with Crippen LogP contribution in [-0.2, 0) is 0 Å². The molecule has 0 bridgehead atoms. The fraction of sp³-hybridized carbons (Fsp3) is 0. The van der Waals surface area contributed by atoms with E-state index in [1.54, 1.807) is 42.9 Å². The number of pyridine rings is 2. The van der Waals surface area contributed by atoms with E-state index in [2.05, 4.69) is 9.97 Å². The SMILES string of the molecule is O=c1[nH]cc(-c2cc(Cl)ccc2Cl)c2cnccc12. The normalized spacial score (nSPS) is 10.8. The topological polar surface area (TPSA) is 45.8 Å². The number of nitrogens with one attached hydrogen (secondary N) is 1. The minimum atomic E-state index is -0.153.